The van der Waals surface area contributed by atoms with Crippen LogP contribution >= 0.6 is 11.3 Å². The summed E-state index contributed by atoms with van der Waals surface area (Å²) >= 11 is 1.62. The molecule has 3 heteroatoms. The number of thiophene rings is 1. The predicted octanol–water partition coefficient (Wildman–Crippen LogP) is 3.28. The van der Waals surface area contributed by atoms with Gasteiger partial charge in [0.25, 0.3) is 0 Å². The van der Waals surface area contributed by atoms with E-state index in [2.05, 4.69) is 19.9 Å². The lowest BCUT2D eigenvalue weighted by molar-refractivity contribution is 0.436. The summed E-state index contributed by atoms with van der Waals surface area (Å²) in [5.74, 6) is 1.14. The smallest absolute Gasteiger partial charge is 0.104 e. The Hall–Kier alpha value is -1.01. The zero-order chi connectivity index (χ0) is 11.0. The number of nitrogen functional groups attached to an aromatic ring is 1. The van der Waals surface area contributed by atoms with Gasteiger partial charge in [-0.3, -0.25) is 0 Å². The van der Waals surface area contributed by atoms with E-state index in [0.717, 1.165) is 17.0 Å². The Morgan fingerprint density at radius 1 is 1.53 bits per heavy atom. The first-order valence-corrected chi connectivity index (χ1v) is 6.28. The Morgan fingerprint density at radius 2 is 2.27 bits per heavy atom. The molecule has 0 radical (unpaired) electrons. The number of aryl methyl sites for hydroxylation is 1. The first-order valence-electron chi connectivity index (χ1n) is 5.46. The summed E-state index contributed by atoms with van der Waals surface area (Å²) in [5, 5.41) is 9.86. The normalized spacial score (nSPS) is 20.0. The van der Waals surface area contributed by atoms with Crippen molar-refractivity contribution in [3.05, 3.63) is 16.0 Å². The summed E-state index contributed by atoms with van der Waals surface area (Å²) in [6.45, 7) is 4.46. The third-order valence-electron chi connectivity index (χ3n) is 3.26. The van der Waals surface area contributed by atoms with E-state index >= 15 is 0 Å². The van der Waals surface area contributed by atoms with Crippen molar-refractivity contribution in [2.24, 2.45) is 5.92 Å². The zero-order valence-corrected chi connectivity index (χ0v) is 10.0. The molecule has 0 spiro atoms. The number of rotatable bonds is 1. The first kappa shape index (κ1) is 10.5. The van der Waals surface area contributed by atoms with Gasteiger partial charge in [-0.1, -0.05) is 13.8 Å². The maximum atomic E-state index is 9.14. The lowest BCUT2D eigenvalue weighted by Crippen LogP contribution is -2.14. The molecule has 80 valence electrons. The molecule has 2 nitrogen and oxygen atoms in total. The monoisotopic (exact) mass is 220 g/mol. The van der Waals surface area contributed by atoms with Gasteiger partial charge < -0.3 is 5.73 Å². The van der Waals surface area contributed by atoms with Crippen LogP contribution in [0.25, 0.3) is 0 Å². The third kappa shape index (κ3) is 1.63. The fourth-order valence-corrected chi connectivity index (χ4v) is 3.63. The summed E-state index contributed by atoms with van der Waals surface area (Å²) in [4.78, 5) is 1.36. The minimum absolute atomic E-state index is 0.539. The molecule has 15 heavy (non-hydrogen) atoms. The van der Waals surface area contributed by atoms with Crippen LogP contribution in [0.1, 0.15) is 48.6 Å². The summed E-state index contributed by atoms with van der Waals surface area (Å²) < 4.78 is 0. The third-order valence-corrected chi connectivity index (χ3v) is 4.35. The number of hydrogen-bond acceptors (Lipinski definition) is 3. The number of nitriles is 1. The minimum atomic E-state index is 0.539. The highest BCUT2D eigenvalue weighted by molar-refractivity contribution is 7.16. The predicted molar refractivity (Wildman–Crippen MR) is 64.0 cm³/mol. The Balaban J connectivity index is 2.54. The number of anilines is 1. The van der Waals surface area contributed by atoms with Gasteiger partial charge in [0.1, 0.15) is 11.1 Å². The Morgan fingerprint density at radius 3 is 2.87 bits per heavy atom. The maximum absolute atomic E-state index is 9.14. The van der Waals surface area contributed by atoms with Crippen molar-refractivity contribution >= 4 is 16.3 Å². The fraction of sp³-hybridized carbons (Fsp3) is 0.583. The highest BCUT2D eigenvalue weighted by Crippen LogP contribution is 2.44. The standard InChI is InChI=1S/C12H16N2S/c1-7(2)8-4-3-5-10-11(8)9(6-13)12(14)15-10/h7-8H,3-5,14H2,1-2H3. The summed E-state index contributed by atoms with van der Waals surface area (Å²) in [7, 11) is 0. The molecule has 2 N–H and O–H groups in total. The second-order valence-corrected chi connectivity index (χ2v) is 5.67. The molecule has 1 aliphatic carbocycles. The maximum Gasteiger partial charge on any atom is 0.104 e. The average molecular weight is 220 g/mol. The van der Waals surface area contributed by atoms with Crippen molar-refractivity contribution in [2.45, 2.75) is 39.0 Å². The molecule has 0 saturated carbocycles. The van der Waals surface area contributed by atoms with E-state index < -0.39 is 0 Å². The highest BCUT2D eigenvalue weighted by Gasteiger charge is 2.29. The van der Waals surface area contributed by atoms with Crippen LogP contribution in [0.2, 0.25) is 0 Å². The van der Waals surface area contributed by atoms with Gasteiger partial charge in [0.05, 0.1) is 5.56 Å². The molecule has 0 aromatic carbocycles. The highest BCUT2D eigenvalue weighted by atomic mass is 32.1. The van der Waals surface area contributed by atoms with Crippen molar-refractivity contribution in [2.75, 3.05) is 5.73 Å². The lowest BCUT2D eigenvalue weighted by Gasteiger charge is -2.26. The average Bonchev–Trinajstić information content (AvgIpc) is 2.52. The number of nitrogens with zero attached hydrogens (tertiary/aromatic N) is 1. The summed E-state index contributed by atoms with van der Waals surface area (Å²) in [6.07, 6.45) is 3.55. The van der Waals surface area contributed by atoms with Gasteiger partial charge in [-0.15, -0.1) is 11.3 Å². The SMILES string of the molecule is CC(C)C1CCCc2sc(N)c(C#N)c21. The van der Waals surface area contributed by atoms with Crippen LogP contribution in [0, 0.1) is 17.2 Å². The van der Waals surface area contributed by atoms with Gasteiger partial charge in [0, 0.05) is 4.88 Å². The van der Waals surface area contributed by atoms with E-state index in [1.807, 2.05) is 0 Å². The first-order chi connectivity index (χ1) is 7.15. The largest absolute Gasteiger partial charge is 0.389 e. The van der Waals surface area contributed by atoms with Crippen molar-refractivity contribution in [1.82, 2.24) is 0 Å². The summed E-state index contributed by atoms with van der Waals surface area (Å²) in [6, 6.07) is 2.27. The molecule has 1 aliphatic rings. The second kappa shape index (κ2) is 3.86. The molecular formula is C12H16N2S. The van der Waals surface area contributed by atoms with Gasteiger partial charge in [-0.25, -0.2) is 0 Å². The van der Waals surface area contributed by atoms with Crippen molar-refractivity contribution in [3.63, 3.8) is 0 Å². The molecule has 0 aliphatic heterocycles. The van der Waals surface area contributed by atoms with Gasteiger partial charge >= 0.3 is 0 Å². The Kier molecular flexibility index (Phi) is 2.70. The molecule has 1 heterocycles. The lowest BCUT2D eigenvalue weighted by atomic mass is 9.78. The molecule has 2 rings (SSSR count). The number of fused-ring (bicyclic) bond motifs is 1. The molecule has 1 unspecified atom stereocenters. The van der Waals surface area contributed by atoms with Crippen molar-refractivity contribution in [3.8, 4) is 6.07 Å². The second-order valence-electron chi connectivity index (χ2n) is 4.53. The minimum Gasteiger partial charge on any atom is -0.389 e. The molecule has 0 fully saturated rings. The quantitative estimate of drug-likeness (QED) is 0.789. The van der Waals surface area contributed by atoms with E-state index in [1.54, 1.807) is 11.3 Å². The molecule has 0 saturated heterocycles. The molecular weight excluding hydrogens is 204 g/mol. The molecule has 0 bridgehead atoms. The van der Waals surface area contributed by atoms with Crippen molar-refractivity contribution in [1.29, 1.82) is 5.26 Å². The Bertz CT molecular complexity index is 412. The van der Waals surface area contributed by atoms with Gasteiger partial charge in [-0.2, -0.15) is 5.26 Å². The van der Waals surface area contributed by atoms with Crippen molar-refractivity contribution < 1.29 is 0 Å². The number of nitrogens with two attached hydrogens (primary N) is 1. The van der Waals surface area contributed by atoms with Gasteiger partial charge in [-0.05, 0) is 36.7 Å². The van der Waals surface area contributed by atoms with Crippen LogP contribution in [0.3, 0.4) is 0 Å². The van der Waals surface area contributed by atoms with Crippen LogP contribution in [-0.2, 0) is 6.42 Å². The van der Waals surface area contributed by atoms with Gasteiger partial charge in [0.2, 0.25) is 0 Å². The Labute approximate surface area is 94.7 Å². The van der Waals surface area contributed by atoms with E-state index in [4.69, 9.17) is 11.0 Å². The van der Waals surface area contributed by atoms with Gasteiger partial charge in [0.15, 0.2) is 0 Å². The summed E-state index contributed by atoms with van der Waals surface area (Å²) in [5.41, 5.74) is 7.91. The van der Waals surface area contributed by atoms with E-state index in [0.29, 0.717) is 11.8 Å². The number of hydrogen-bond donors (Lipinski definition) is 1. The van der Waals surface area contributed by atoms with Crippen LogP contribution < -0.4 is 5.73 Å². The van der Waals surface area contributed by atoms with Crippen LogP contribution in [-0.4, -0.2) is 0 Å². The topological polar surface area (TPSA) is 49.8 Å². The fourth-order valence-electron chi connectivity index (χ4n) is 2.50. The molecule has 1 atom stereocenters. The van der Waals surface area contributed by atoms with E-state index in [-0.39, 0.29) is 0 Å². The van der Waals surface area contributed by atoms with Crippen LogP contribution in [0.15, 0.2) is 0 Å². The van der Waals surface area contributed by atoms with E-state index in [9.17, 15) is 0 Å². The van der Waals surface area contributed by atoms with Crippen LogP contribution in [0.5, 0.6) is 0 Å². The zero-order valence-electron chi connectivity index (χ0n) is 9.21. The van der Waals surface area contributed by atoms with Crippen LogP contribution in [0.4, 0.5) is 5.00 Å². The molecule has 0 amide bonds. The molecule has 1 aromatic rings. The molecule has 1 aromatic heterocycles. The van der Waals surface area contributed by atoms with E-state index in [1.165, 1.54) is 23.3 Å².